The van der Waals surface area contributed by atoms with E-state index in [-0.39, 0.29) is 42.8 Å². The Hall–Kier alpha value is -4.54. The molecule has 0 aromatic heterocycles. The minimum Gasteiger partial charge on any atom is -0.467 e. The minimum absolute atomic E-state index is 0.143. The second-order valence-corrected chi connectivity index (χ2v) is 12.1. The van der Waals surface area contributed by atoms with Crippen LogP contribution in [-0.4, -0.2) is 61.4 Å². The van der Waals surface area contributed by atoms with Gasteiger partial charge in [0.05, 0.1) is 19.2 Å². The largest absolute Gasteiger partial charge is 0.467 e. The fourth-order valence-electron chi connectivity index (χ4n) is 5.37. The molecule has 1 aliphatic heterocycles. The molecular weight excluding hydrogens is 591 g/mol. The van der Waals surface area contributed by atoms with Crippen molar-refractivity contribution in [3.05, 3.63) is 83.2 Å². The van der Waals surface area contributed by atoms with E-state index in [4.69, 9.17) is 4.74 Å². The SMILES string of the molecule is COC(=O)[C@@H](NC(=O)N[C@@H](Cc1cccc(C)c1)C(=O)CC1CCCCNC(=O)/C=C/[C@H](Cc2cccc(F)c2)NC1=O)C(C)C. The average Bonchev–Trinajstić information content (AvgIpc) is 3.00. The number of nitrogens with one attached hydrogen (secondary N) is 4. The van der Waals surface area contributed by atoms with E-state index < -0.39 is 41.9 Å². The van der Waals surface area contributed by atoms with E-state index in [9.17, 15) is 28.4 Å². The second kappa shape index (κ2) is 17.8. The molecular formula is C35H45FN4O6. The van der Waals surface area contributed by atoms with Gasteiger partial charge in [-0.3, -0.25) is 14.4 Å². The van der Waals surface area contributed by atoms with Gasteiger partial charge in [0.15, 0.2) is 5.78 Å². The first-order valence-electron chi connectivity index (χ1n) is 15.7. The van der Waals surface area contributed by atoms with E-state index in [2.05, 4.69) is 21.3 Å². The number of rotatable bonds is 11. The number of ketones is 1. The highest BCUT2D eigenvalue weighted by molar-refractivity contribution is 5.93. The Morgan fingerprint density at radius 3 is 2.46 bits per heavy atom. The van der Waals surface area contributed by atoms with Crippen molar-refractivity contribution < 1.29 is 33.1 Å². The molecule has 0 bridgehead atoms. The Balaban J connectivity index is 1.83. The Labute approximate surface area is 269 Å². The number of ether oxygens (including phenoxy) is 1. The molecule has 0 fully saturated rings. The Morgan fingerprint density at radius 2 is 1.76 bits per heavy atom. The van der Waals surface area contributed by atoms with Crippen molar-refractivity contribution >= 4 is 29.6 Å². The van der Waals surface area contributed by atoms with Crippen LogP contribution in [0.3, 0.4) is 0 Å². The maximum atomic E-state index is 13.9. The molecule has 2 aromatic rings. The summed E-state index contributed by atoms with van der Waals surface area (Å²) in [6.07, 6.45) is 4.77. The molecule has 0 saturated heterocycles. The Kier molecular flexibility index (Phi) is 13.9. The molecule has 248 valence electrons. The zero-order chi connectivity index (χ0) is 33.6. The van der Waals surface area contributed by atoms with Gasteiger partial charge in [-0.15, -0.1) is 0 Å². The third-order valence-corrected chi connectivity index (χ3v) is 7.87. The summed E-state index contributed by atoms with van der Waals surface area (Å²) in [7, 11) is 1.24. The quantitative estimate of drug-likeness (QED) is 0.277. The number of urea groups is 1. The number of amides is 4. The Morgan fingerprint density at radius 1 is 1.02 bits per heavy atom. The van der Waals surface area contributed by atoms with Gasteiger partial charge in [0.2, 0.25) is 11.8 Å². The van der Waals surface area contributed by atoms with Crippen LogP contribution in [0.25, 0.3) is 0 Å². The van der Waals surface area contributed by atoms with Gasteiger partial charge in [-0.1, -0.05) is 68.3 Å². The highest BCUT2D eigenvalue weighted by atomic mass is 19.1. The van der Waals surface area contributed by atoms with Gasteiger partial charge in [-0.2, -0.15) is 0 Å². The molecule has 4 amide bonds. The third kappa shape index (κ3) is 11.8. The van der Waals surface area contributed by atoms with E-state index in [1.807, 2.05) is 31.2 Å². The molecule has 1 heterocycles. The molecule has 0 saturated carbocycles. The lowest BCUT2D eigenvalue weighted by molar-refractivity contribution is -0.144. The first-order valence-corrected chi connectivity index (χ1v) is 15.7. The topological polar surface area (TPSA) is 143 Å². The molecule has 0 aliphatic carbocycles. The van der Waals surface area contributed by atoms with Gasteiger partial charge in [-0.25, -0.2) is 14.0 Å². The van der Waals surface area contributed by atoms with Crippen LogP contribution < -0.4 is 21.3 Å². The van der Waals surface area contributed by atoms with Crippen molar-refractivity contribution in [2.75, 3.05) is 13.7 Å². The minimum atomic E-state index is -0.983. The smallest absolute Gasteiger partial charge is 0.328 e. The standard InChI is InChI=1S/C35H45FN4O6/c1-22(2)32(34(44)46-4)40-35(45)39-29(20-24-10-7-9-23(3)17-24)30(41)21-26-12-5-6-16-37-31(42)15-14-28(38-33(26)43)19-25-11-8-13-27(36)18-25/h7-11,13-15,17-18,22,26,28-29,32H,5-6,12,16,19-21H2,1-4H3,(H,37,42)(H,38,43)(H2,39,40,45)/b15-14+/t26?,28-,29+,32+/m1/s1. The number of methoxy groups -OCH3 is 1. The highest BCUT2D eigenvalue weighted by Crippen LogP contribution is 2.19. The van der Waals surface area contributed by atoms with Crippen LogP contribution in [0.4, 0.5) is 9.18 Å². The monoisotopic (exact) mass is 636 g/mol. The highest BCUT2D eigenvalue weighted by Gasteiger charge is 2.31. The Bertz CT molecular complexity index is 1410. The number of carbonyl (C=O) groups is 5. The lowest BCUT2D eigenvalue weighted by Crippen LogP contribution is -2.53. The van der Waals surface area contributed by atoms with Gasteiger partial charge >= 0.3 is 12.0 Å². The number of hydrogen-bond acceptors (Lipinski definition) is 6. The zero-order valence-electron chi connectivity index (χ0n) is 26.9. The lowest BCUT2D eigenvalue weighted by atomic mass is 9.90. The average molecular weight is 637 g/mol. The van der Waals surface area contributed by atoms with Crippen molar-refractivity contribution in [3.8, 4) is 0 Å². The summed E-state index contributed by atoms with van der Waals surface area (Å²) in [4.78, 5) is 65.2. The van der Waals surface area contributed by atoms with Crippen molar-refractivity contribution in [3.63, 3.8) is 0 Å². The lowest BCUT2D eigenvalue weighted by Gasteiger charge is -2.25. The number of halogens is 1. The fourth-order valence-corrected chi connectivity index (χ4v) is 5.37. The van der Waals surface area contributed by atoms with Crippen LogP contribution in [0.2, 0.25) is 0 Å². The predicted molar refractivity (Wildman–Crippen MR) is 172 cm³/mol. The summed E-state index contributed by atoms with van der Waals surface area (Å²) in [5, 5.41) is 11.1. The number of esters is 1. The first kappa shape index (κ1) is 35.9. The van der Waals surface area contributed by atoms with Crippen LogP contribution in [0.15, 0.2) is 60.7 Å². The summed E-state index contributed by atoms with van der Waals surface area (Å²) in [5.74, 6) is -2.99. The van der Waals surface area contributed by atoms with E-state index in [1.165, 1.54) is 25.3 Å². The number of hydrogen-bond donors (Lipinski definition) is 4. The summed E-state index contributed by atoms with van der Waals surface area (Å²) < 4.78 is 18.7. The maximum absolute atomic E-state index is 13.9. The van der Waals surface area contributed by atoms with E-state index in [1.54, 1.807) is 32.1 Å². The van der Waals surface area contributed by atoms with Crippen LogP contribution in [-0.2, 0) is 36.8 Å². The van der Waals surface area contributed by atoms with Crippen molar-refractivity contribution in [2.24, 2.45) is 11.8 Å². The molecule has 4 atom stereocenters. The van der Waals surface area contributed by atoms with Crippen LogP contribution in [0, 0.1) is 24.6 Å². The van der Waals surface area contributed by atoms with Gasteiger partial charge < -0.3 is 26.0 Å². The molecule has 4 N–H and O–H groups in total. The third-order valence-electron chi connectivity index (χ3n) is 7.87. The van der Waals surface area contributed by atoms with Crippen molar-refractivity contribution in [1.82, 2.24) is 21.3 Å². The van der Waals surface area contributed by atoms with E-state index >= 15 is 0 Å². The van der Waals surface area contributed by atoms with Gasteiger partial charge in [0.25, 0.3) is 0 Å². The zero-order valence-corrected chi connectivity index (χ0v) is 26.9. The molecule has 10 nitrogen and oxygen atoms in total. The maximum Gasteiger partial charge on any atom is 0.328 e. The van der Waals surface area contributed by atoms with Crippen molar-refractivity contribution in [2.45, 2.75) is 77.4 Å². The number of carbonyl (C=O) groups excluding carboxylic acids is 5. The molecule has 11 heteroatoms. The molecule has 0 radical (unpaired) electrons. The number of Topliss-reactive ketones (excluding diaryl/α,β-unsaturated/α-hetero) is 1. The van der Waals surface area contributed by atoms with Gasteiger partial charge in [-0.05, 0) is 61.8 Å². The van der Waals surface area contributed by atoms with Crippen LogP contribution in [0.1, 0.15) is 56.2 Å². The summed E-state index contributed by atoms with van der Waals surface area (Å²) in [6, 6.07) is 10.4. The molecule has 2 aromatic carbocycles. The van der Waals surface area contributed by atoms with E-state index in [0.29, 0.717) is 31.4 Å². The first-order chi connectivity index (χ1) is 21.9. The van der Waals surface area contributed by atoms with Crippen LogP contribution >= 0.6 is 0 Å². The molecule has 3 rings (SSSR count). The van der Waals surface area contributed by atoms with Gasteiger partial charge in [0, 0.05) is 25.0 Å². The summed E-state index contributed by atoms with van der Waals surface area (Å²) in [5.41, 5.74) is 2.45. The van der Waals surface area contributed by atoms with E-state index in [0.717, 1.165) is 11.1 Å². The van der Waals surface area contributed by atoms with Crippen LogP contribution in [0.5, 0.6) is 0 Å². The molecule has 46 heavy (non-hydrogen) atoms. The summed E-state index contributed by atoms with van der Waals surface area (Å²) in [6.45, 7) is 5.87. The predicted octanol–water partition coefficient (Wildman–Crippen LogP) is 3.70. The summed E-state index contributed by atoms with van der Waals surface area (Å²) >= 11 is 0. The molecule has 0 spiro atoms. The molecule has 1 aliphatic rings. The van der Waals surface area contributed by atoms with Gasteiger partial charge in [0.1, 0.15) is 11.9 Å². The van der Waals surface area contributed by atoms with Crippen molar-refractivity contribution in [1.29, 1.82) is 0 Å². The number of aryl methyl sites for hydroxylation is 1. The number of benzene rings is 2. The molecule has 1 unspecified atom stereocenters. The second-order valence-electron chi connectivity index (χ2n) is 12.1. The fraction of sp³-hybridized carbons (Fsp3) is 0.457. The normalized spacial score (nSPS) is 19.3.